The summed E-state index contributed by atoms with van der Waals surface area (Å²) < 4.78 is 36.3. The Kier molecular flexibility index (Phi) is 4.54. The number of aromatic nitrogens is 2. The van der Waals surface area contributed by atoms with E-state index >= 15 is 0 Å². The zero-order valence-electron chi connectivity index (χ0n) is 6.88. The smallest absolute Gasteiger partial charge is 0.381 e. The number of nitrogens with two attached hydrogens (primary N) is 1. The Labute approximate surface area is 89.4 Å². The first-order valence-electron chi connectivity index (χ1n) is 3.43. The average Bonchev–Trinajstić information content (AvgIpc) is 2.27. The van der Waals surface area contributed by atoms with Crippen LogP contribution in [0.2, 0.25) is 5.02 Å². The summed E-state index contributed by atoms with van der Waals surface area (Å²) in [6.45, 7) is -0.263. The SMILES string of the molecule is Cl.Nc1nn(CCC(F)(F)F)cc1Cl. The fourth-order valence-electron chi connectivity index (χ4n) is 0.768. The van der Waals surface area contributed by atoms with Crippen molar-refractivity contribution in [2.45, 2.75) is 19.1 Å². The first-order chi connectivity index (χ1) is 5.88. The third-order valence-electron chi connectivity index (χ3n) is 1.37. The van der Waals surface area contributed by atoms with Crippen molar-refractivity contribution < 1.29 is 13.2 Å². The van der Waals surface area contributed by atoms with E-state index in [4.69, 9.17) is 17.3 Å². The molecule has 0 saturated carbocycles. The molecule has 1 heterocycles. The molecule has 0 saturated heterocycles. The second kappa shape index (κ2) is 4.75. The van der Waals surface area contributed by atoms with Crippen molar-refractivity contribution in [3.8, 4) is 0 Å². The number of aryl methyl sites for hydroxylation is 1. The lowest BCUT2D eigenvalue weighted by atomic mass is 10.4. The van der Waals surface area contributed by atoms with Gasteiger partial charge in [0.25, 0.3) is 0 Å². The highest BCUT2D eigenvalue weighted by atomic mass is 35.5. The van der Waals surface area contributed by atoms with E-state index in [9.17, 15) is 13.2 Å². The minimum atomic E-state index is -4.19. The molecule has 0 unspecified atom stereocenters. The molecule has 2 N–H and O–H groups in total. The molecule has 82 valence electrons. The molecule has 0 bridgehead atoms. The molecule has 8 heteroatoms. The van der Waals surface area contributed by atoms with Crippen molar-refractivity contribution in [2.75, 3.05) is 5.73 Å². The van der Waals surface area contributed by atoms with Crippen LogP contribution in [0.15, 0.2) is 6.20 Å². The minimum Gasteiger partial charge on any atom is -0.381 e. The number of alkyl halides is 3. The molecular formula is C6H8Cl2F3N3. The van der Waals surface area contributed by atoms with Gasteiger partial charge in [-0.15, -0.1) is 12.4 Å². The number of nitrogen functional groups attached to an aromatic ring is 1. The Morgan fingerprint density at radius 3 is 2.43 bits per heavy atom. The molecule has 3 nitrogen and oxygen atoms in total. The number of halogens is 5. The highest BCUT2D eigenvalue weighted by Crippen LogP contribution is 2.21. The van der Waals surface area contributed by atoms with Crippen molar-refractivity contribution in [3.63, 3.8) is 0 Å². The predicted octanol–water partition coefficient (Wildman–Crippen LogP) is 2.49. The Morgan fingerprint density at radius 1 is 1.50 bits per heavy atom. The molecule has 0 aliphatic rings. The van der Waals surface area contributed by atoms with Gasteiger partial charge in [-0.1, -0.05) is 11.6 Å². The van der Waals surface area contributed by atoms with Crippen LogP contribution in [0.25, 0.3) is 0 Å². The number of anilines is 1. The van der Waals surface area contributed by atoms with E-state index in [1.807, 2.05) is 0 Å². The van der Waals surface area contributed by atoms with Crippen LogP contribution in [-0.2, 0) is 6.54 Å². The summed E-state index contributed by atoms with van der Waals surface area (Å²) in [7, 11) is 0. The van der Waals surface area contributed by atoms with E-state index < -0.39 is 12.6 Å². The lowest BCUT2D eigenvalue weighted by Crippen LogP contribution is -2.12. The van der Waals surface area contributed by atoms with Crippen LogP contribution < -0.4 is 5.73 Å². The quantitative estimate of drug-likeness (QED) is 0.876. The normalized spacial score (nSPS) is 11.1. The number of rotatable bonds is 2. The van der Waals surface area contributed by atoms with Crippen molar-refractivity contribution >= 4 is 29.8 Å². The van der Waals surface area contributed by atoms with Gasteiger partial charge in [-0.25, -0.2) is 0 Å². The van der Waals surface area contributed by atoms with E-state index in [-0.39, 0.29) is 29.8 Å². The Balaban J connectivity index is 0.00000169. The molecule has 0 aliphatic carbocycles. The molecular weight excluding hydrogens is 242 g/mol. The van der Waals surface area contributed by atoms with Crippen LogP contribution in [0.5, 0.6) is 0 Å². The molecule has 1 aromatic rings. The van der Waals surface area contributed by atoms with Crippen LogP contribution >= 0.6 is 24.0 Å². The summed E-state index contributed by atoms with van der Waals surface area (Å²) in [6.07, 6.45) is -3.86. The maximum Gasteiger partial charge on any atom is 0.390 e. The van der Waals surface area contributed by atoms with Gasteiger partial charge >= 0.3 is 6.18 Å². The second-order valence-electron chi connectivity index (χ2n) is 2.49. The van der Waals surface area contributed by atoms with E-state index in [2.05, 4.69) is 5.10 Å². The van der Waals surface area contributed by atoms with Crippen molar-refractivity contribution in [2.24, 2.45) is 0 Å². The van der Waals surface area contributed by atoms with Crippen LogP contribution in [-0.4, -0.2) is 16.0 Å². The number of hydrogen-bond acceptors (Lipinski definition) is 2. The number of nitrogens with zero attached hydrogens (tertiary/aromatic N) is 2. The first-order valence-corrected chi connectivity index (χ1v) is 3.81. The molecule has 0 atom stereocenters. The van der Waals surface area contributed by atoms with Gasteiger partial charge in [-0.3, -0.25) is 4.68 Å². The van der Waals surface area contributed by atoms with Gasteiger partial charge in [0.2, 0.25) is 0 Å². The molecule has 0 fully saturated rings. The summed E-state index contributed by atoms with van der Waals surface area (Å²) in [6, 6.07) is 0. The highest BCUT2D eigenvalue weighted by molar-refractivity contribution is 6.32. The van der Waals surface area contributed by atoms with Gasteiger partial charge in [0.05, 0.1) is 6.42 Å². The van der Waals surface area contributed by atoms with Crippen molar-refractivity contribution in [1.29, 1.82) is 0 Å². The second-order valence-corrected chi connectivity index (χ2v) is 2.90. The van der Waals surface area contributed by atoms with Crippen molar-refractivity contribution in [3.05, 3.63) is 11.2 Å². The molecule has 1 aromatic heterocycles. The Hall–Kier alpha value is -0.620. The Bertz CT molecular complexity index is 278. The zero-order chi connectivity index (χ0) is 10.1. The summed E-state index contributed by atoms with van der Waals surface area (Å²) >= 11 is 5.49. The van der Waals surface area contributed by atoms with E-state index in [1.165, 1.54) is 6.20 Å². The standard InChI is InChI=1S/C6H7ClF3N3.ClH/c7-4-3-13(12-5(4)11)2-1-6(8,9)10;/h3H,1-2H2,(H2,11,12);1H. The maximum atomic E-state index is 11.7. The van der Waals surface area contributed by atoms with Crippen molar-refractivity contribution in [1.82, 2.24) is 9.78 Å². The molecule has 14 heavy (non-hydrogen) atoms. The highest BCUT2D eigenvalue weighted by Gasteiger charge is 2.26. The maximum absolute atomic E-state index is 11.7. The van der Waals surface area contributed by atoms with E-state index in [1.54, 1.807) is 0 Å². The fraction of sp³-hybridized carbons (Fsp3) is 0.500. The largest absolute Gasteiger partial charge is 0.390 e. The van der Waals surface area contributed by atoms with Crippen LogP contribution in [0.4, 0.5) is 19.0 Å². The summed E-state index contributed by atoms with van der Waals surface area (Å²) in [5, 5.41) is 3.74. The van der Waals surface area contributed by atoms with Gasteiger partial charge in [-0.2, -0.15) is 18.3 Å². The third-order valence-corrected chi connectivity index (χ3v) is 1.66. The molecule has 0 amide bonds. The van der Waals surface area contributed by atoms with E-state index in [0.29, 0.717) is 0 Å². The lowest BCUT2D eigenvalue weighted by Gasteiger charge is -2.04. The van der Waals surface area contributed by atoms with E-state index in [0.717, 1.165) is 4.68 Å². The topological polar surface area (TPSA) is 43.8 Å². The molecule has 1 rings (SSSR count). The monoisotopic (exact) mass is 249 g/mol. The zero-order valence-corrected chi connectivity index (χ0v) is 8.46. The fourth-order valence-corrected chi connectivity index (χ4v) is 0.918. The van der Waals surface area contributed by atoms with Gasteiger partial charge < -0.3 is 5.73 Å². The van der Waals surface area contributed by atoms with Crippen LogP contribution in [0.3, 0.4) is 0 Å². The summed E-state index contributed by atoms with van der Waals surface area (Å²) in [5.74, 6) is 0.0452. The minimum absolute atomic E-state index is 0. The first kappa shape index (κ1) is 13.4. The molecule has 0 aromatic carbocycles. The average molecular weight is 250 g/mol. The van der Waals surface area contributed by atoms with Gasteiger partial charge in [-0.05, 0) is 0 Å². The Morgan fingerprint density at radius 2 is 2.07 bits per heavy atom. The van der Waals surface area contributed by atoms with Gasteiger partial charge in [0.15, 0.2) is 5.82 Å². The summed E-state index contributed by atoms with van der Waals surface area (Å²) in [5.41, 5.74) is 5.23. The predicted molar refractivity (Wildman–Crippen MR) is 49.6 cm³/mol. The van der Waals surface area contributed by atoms with Gasteiger partial charge in [0.1, 0.15) is 5.02 Å². The van der Waals surface area contributed by atoms with Crippen LogP contribution in [0, 0.1) is 0 Å². The summed E-state index contributed by atoms with van der Waals surface area (Å²) in [4.78, 5) is 0. The molecule has 0 radical (unpaired) electrons. The lowest BCUT2D eigenvalue weighted by molar-refractivity contribution is -0.137. The van der Waals surface area contributed by atoms with Gasteiger partial charge in [0, 0.05) is 12.7 Å². The number of hydrogen-bond donors (Lipinski definition) is 1. The van der Waals surface area contributed by atoms with Crippen LogP contribution in [0.1, 0.15) is 6.42 Å². The molecule has 0 spiro atoms. The third kappa shape index (κ3) is 4.06. The molecule has 0 aliphatic heterocycles.